The number of ether oxygens (including phenoxy) is 1. The maximum absolute atomic E-state index is 6.37. The Bertz CT molecular complexity index is 392. The summed E-state index contributed by atoms with van der Waals surface area (Å²) in [7, 11) is 1.75. The highest BCUT2D eigenvalue weighted by atomic mass is 35.5. The molecule has 0 aliphatic carbocycles. The van der Waals surface area contributed by atoms with Crippen LogP contribution in [0.5, 0.6) is 0 Å². The molecule has 0 amide bonds. The lowest BCUT2D eigenvalue weighted by Gasteiger charge is -2.21. The van der Waals surface area contributed by atoms with Gasteiger partial charge in [0.15, 0.2) is 0 Å². The third-order valence-electron chi connectivity index (χ3n) is 3.40. The van der Waals surface area contributed by atoms with E-state index in [9.17, 15) is 0 Å². The molecule has 0 bridgehead atoms. The normalized spacial score (nSPS) is 14.6. The molecule has 2 unspecified atom stereocenters. The minimum Gasteiger partial charge on any atom is -0.382 e. The number of aryl methyl sites for hydroxylation is 2. The average Bonchev–Trinajstić information content (AvgIpc) is 2.66. The van der Waals surface area contributed by atoms with Crippen molar-refractivity contribution in [3.63, 3.8) is 0 Å². The van der Waals surface area contributed by atoms with Gasteiger partial charge in [0.1, 0.15) is 0 Å². The van der Waals surface area contributed by atoms with Crippen LogP contribution in [-0.4, -0.2) is 35.6 Å². The van der Waals surface area contributed by atoms with Gasteiger partial charge in [-0.1, -0.05) is 18.5 Å². The zero-order chi connectivity index (χ0) is 14.4. The Morgan fingerprint density at radius 1 is 1.42 bits per heavy atom. The Morgan fingerprint density at radius 3 is 2.63 bits per heavy atom. The number of nitrogens with one attached hydrogen (secondary N) is 1. The Hall–Kier alpha value is -0.580. The Labute approximate surface area is 121 Å². The number of likely N-dealkylation sites (N-methyl/N-ethyl adjacent to an activating group) is 1. The molecule has 0 saturated carbocycles. The molecule has 0 aliphatic rings. The Morgan fingerprint density at radius 2 is 2.11 bits per heavy atom. The Kier molecular flexibility index (Phi) is 6.83. The van der Waals surface area contributed by atoms with Crippen LogP contribution in [0.4, 0.5) is 0 Å². The number of nitrogens with zero attached hydrogens (tertiary/aromatic N) is 2. The van der Waals surface area contributed by atoms with Gasteiger partial charge in [-0.2, -0.15) is 5.10 Å². The third kappa shape index (κ3) is 4.48. The number of hydrogen-bond acceptors (Lipinski definition) is 3. The molecule has 1 N–H and O–H groups in total. The molecule has 1 heterocycles. The summed E-state index contributed by atoms with van der Waals surface area (Å²) in [6.45, 7) is 10.0. The van der Waals surface area contributed by atoms with Crippen molar-refractivity contribution in [1.29, 1.82) is 0 Å². The van der Waals surface area contributed by atoms with Gasteiger partial charge in [0, 0.05) is 26.1 Å². The third-order valence-corrected chi connectivity index (χ3v) is 3.90. The zero-order valence-corrected chi connectivity index (χ0v) is 13.4. The maximum atomic E-state index is 6.37. The van der Waals surface area contributed by atoms with Crippen molar-refractivity contribution in [1.82, 2.24) is 15.1 Å². The standard InChI is InChI=1S/C14H26ClN3O/c1-6-16-12(8-10(3)19-5)9-13-14(15)11(4)17-18(13)7-2/h10,12,16H,6-9H2,1-5H3. The summed E-state index contributed by atoms with van der Waals surface area (Å²) in [5.41, 5.74) is 2.03. The van der Waals surface area contributed by atoms with Gasteiger partial charge >= 0.3 is 0 Å². The average molecular weight is 288 g/mol. The van der Waals surface area contributed by atoms with Gasteiger partial charge in [0.2, 0.25) is 0 Å². The van der Waals surface area contributed by atoms with E-state index in [0.29, 0.717) is 6.04 Å². The quantitative estimate of drug-likeness (QED) is 0.799. The lowest BCUT2D eigenvalue weighted by atomic mass is 10.0. The summed E-state index contributed by atoms with van der Waals surface area (Å²) in [5, 5.41) is 8.77. The predicted molar refractivity (Wildman–Crippen MR) is 79.9 cm³/mol. The van der Waals surface area contributed by atoms with Crippen LogP contribution >= 0.6 is 11.6 Å². The topological polar surface area (TPSA) is 39.1 Å². The first-order valence-corrected chi connectivity index (χ1v) is 7.39. The molecule has 0 saturated heterocycles. The lowest BCUT2D eigenvalue weighted by Crippen LogP contribution is -2.35. The number of aromatic nitrogens is 2. The largest absolute Gasteiger partial charge is 0.382 e. The van der Waals surface area contributed by atoms with Crippen LogP contribution in [0.15, 0.2) is 0 Å². The van der Waals surface area contributed by atoms with Crippen molar-refractivity contribution < 1.29 is 4.74 Å². The molecule has 0 spiro atoms. The first-order valence-electron chi connectivity index (χ1n) is 7.01. The molecule has 110 valence electrons. The summed E-state index contributed by atoms with van der Waals surface area (Å²) >= 11 is 6.37. The molecule has 0 radical (unpaired) electrons. The van der Waals surface area contributed by atoms with Crippen molar-refractivity contribution >= 4 is 11.6 Å². The van der Waals surface area contributed by atoms with Crippen LogP contribution in [0.25, 0.3) is 0 Å². The number of methoxy groups -OCH3 is 1. The van der Waals surface area contributed by atoms with E-state index in [1.165, 1.54) is 0 Å². The van der Waals surface area contributed by atoms with E-state index in [0.717, 1.165) is 42.3 Å². The minimum atomic E-state index is 0.238. The van der Waals surface area contributed by atoms with Gasteiger partial charge in [-0.25, -0.2) is 0 Å². The molecular formula is C14H26ClN3O. The summed E-state index contributed by atoms with van der Waals surface area (Å²) in [5.74, 6) is 0. The van der Waals surface area contributed by atoms with E-state index < -0.39 is 0 Å². The van der Waals surface area contributed by atoms with E-state index in [1.807, 2.05) is 11.6 Å². The number of rotatable bonds is 8. The highest BCUT2D eigenvalue weighted by Crippen LogP contribution is 2.22. The summed E-state index contributed by atoms with van der Waals surface area (Å²) in [6, 6.07) is 0.360. The van der Waals surface area contributed by atoms with Gasteiger partial charge < -0.3 is 10.1 Å². The molecule has 19 heavy (non-hydrogen) atoms. The molecule has 0 aromatic carbocycles. The molecule has 4 nitrogen and oxygen atoms in total. The van der Waals surface area contributed by atoms with E-state index >= 15 is 0 Å². The van der Waals surface area contributed by atoms with Crippen LogP contribution in [0.2, 0.25) is 5.02 Å². The summed E-state index contributed by atoms with van der Waals surface area (Å²) < 4.78 is 7.36. The van der Waals surface area contributed by atoms with Crippen molar-refractivity contribution in [2.24, 2.45) is 0 Å². The minimum absolute atomic E-state index is 0.238. The van der Waals surface area contributed by atoms with Crippen LogP contribution in [0.3, 0.4) is 0 Å². The first-order chi connectivity index (χ1) is 9.03. The second-order valence-corrected chi connectivity index (χ2v) is 5.28. The first kappa shape index (κ1) is 16.5. The second kappa shape index (κ2) is 7.88. The van der Waals surface area contributed by atoms with Crippen LogP contribution < -0.4 is 5.32 Å². The van der Waals surface area contributed by atoms with Gasteiger partial charge in [-0.3, -0.25) is 4.68 Å². The molecule has 5 heteroatoms. The van der Waals surface area contributed by atoms with Crippen molar-refractivity contribution in [2.75, 3.05) is 13.7 Å². The number of hydrogen-bond donors (Lipinski definition) is 1. The monoisotopic (exact) mass is 287 g/mol. The summed E-state index contributed by atoms with van der Waals surface area (Å²) in [6.07, 6.45) is 2.09. The van der Waals surface area contributed by atoms with Gasteiger partial charge in [-0.15, -0.1) is 0 Å². The highest BCUT2D eigenvalue weighted by Gasteiger charge is 2.19. The lowest BCUT2D eigenvalue weighted by molar-refractivity contribution is 0.100. The van der Waals surface area contributed by atoms with Crippen LogP contribution in [-0.2, 0) is 17.7 Å². The van der Waals surface area contributed by atoms with Crippen molar-refractivity contribution in [2.45, 2.75) is 59.2 Å². The van der Waals surface area contributed by atoms with Crippen molar-refractivity contribution in [3.05, 3.63) is 16.4 Å². The molecule has 2 atom stereocenters. The molecule has 1 aromatic heterocycles. The summed E-state index contributed by atoms with van der Waals surface area (Å²) in [4.78, 5) is 0. The fourth-order valence-electron chi connectivity index (χ4n) is 2.32. The maximum Gasteiger partial charge on any atom is 0.0847 e. The fraction of sp³-hybridized carbons (Fsp3) is 0.786. The molecule has 1 rings (SSSR count). The van der Waals surface area contributed by atoms with Gasteiger partial charge in [-0.05, 0) is 33.7 Å². The number of halogens is 1. The van der Waals surface area contributed by atoms with Crippen molar-refractivity contribution in [3.8, 4) is 0 Å². The van der Waals surface area contributed by atoms with E-state index in [4.69, 9.17) is 16.3 Å². The van der Waals surface area contributed by atoms with E-state index in [-0.39, 0.29) is 6.10 Å². The van der Waals surface area contributed by atoms with Gasteiger partial charge in [0.05, 0.1) is 22.5 Å². The second-order valence-electron chi connectivity index (χ2n) is 4.90. The van der Waals surface area contributed by atoms with Crippen LogP contribution in [0.1, 0.15) is 38.6 Å². The van der Waals surface area contributed by atoms with E-state index in [2.05, 4.69) is 31.2 Å². The molecular weight excluding hydrogens is 262 g/mol. The smallest absolute Gasteiger partial charge is 0.0847 e. The highest BCUT2D eigenvalue weighted by molar-refractivity contribution is 6.31. The van der Waals surface area contributed by atoms with Crippen LogP contribution in [0, 0.1) is 6.92 Å². The SMILES string of the molecule is CCNC(Cc1c(Cl)c(C)nn1CC)CC(C)OC. The van der Waals surface area contributed by atoms with Gasteiger partial charge in [0.25, 0.3) is 0 Å². The molecule has 0 aliphatic heterocycles. The zero-order valence-electron chi connectivity index (χ0n) is 12.7. The predicted octanol–water partition coefficient (Wildman–Crippen LogP) is 2.81. The fourth-order valence-corrected chi connectivity index (χ4v) is 2.53. The van der Waals surface area contributed by atoms with E-state index in [1.54, 1.807) is 7.11 Å². The molecule has 0 fully saturated rings. The molecule has 1 aromatic rings. The Balaban J connectivity index is 2.83.